The van der Waals surface area contributed by atoms with E-state index in [4.69, 9.17) is 16.3 Å². The third-order valence-corrected chi connectivity index (χ3v) is 4.52. The minimum Gasteiger partial charge on any atom is -0.381 e. The van der Waals surface area contributed by atoms with Crippen molar-refractivity contribution < 1.29 is 4.74 Å². The van der Waals surface area contributed by atoms with Crippen LogP contribution >= 0.6 is 11.6 Å². The molecule has 20 heavy (non-hydrogen) atoms. The van der Waals surface area contributed by atoms with Crippen LogP contribution in [0, 0.1) is 0 Å². The van der Waals surface area contributed by atoms with Crippen molar-refractivity contribution in [1.29, 1.82) is 0 Å². The zero-order valence-corrected chi connectivity index (χ0v) is 12.7. The van der Waals surface area contributed by atoms with E-state index in [1.165, 1.54) is 12.8 Å². The molecule has 110 valence electrons. The SMILES string of the molecule is CN(c1cc(CNC2CC2)c(Cl)cn1)C1CCOCC1. The van der Waals surface area contributed by atoms with Gasteiger partial charge in [-0.25, -0.2) is 4.98 Å². The van der Waals surface area contributed by atoms with Gasteiger partial charge in [-0.1, -0.05) is 11.6 Å². The van der Waals surface area contributed by atoms with Gasteiger partial charge < -0.3 is 15.0 Å². The Morgan fingerprint density at radius 2 is 2.10 bits per heavy atom. The molecule has 0 spiro atoms. The first-order valence-corrected chi connectivity index (χ1v) is 7.80. The third-order valence-electron chi connectivity index (χ3n) is 4.18. The first kappa shape index (κ1) is 14.1. The van der Waals surface area contributed by atoms with Crippen LogP contribution in [0.2, 0.25) is 5.02 Å². The highest BCUT2D eigenvalue weighted by atomic mass is 35.5. The van der Waals surface area contributed by atoms with Gasteiger partial charge in [-0.05, 0) is 37.3 Å². The summed E-state index contributed by atoms with van der Waals surface area (Å²) in [5, 5.41) is 4.26. The molecule has 0 bridgehead atoms. The second kappa shape index (κ2) is 6.29. The lowest BCUT2D eigenvalue weighted by Gasteiger charge is -2.32. The Morgan fingerprint density at radius 3 is 2.80 bits per heavy atom. The van der Waals surface area contributed by atoms with E-state index in [-0.39, 0.29) is 0 Å². The van der Waals surface area contributed by atoms with Gasteiger partial charge in [0.2, 0.25) is 0 Å². The molecule has 2 aliphatic rings. The fourth-order valence-electron chi connectivity index (χ4n) is 2.60. The van der Waals surface area contributed by atoms with E-state index in [1.54, 1.807) is 6.20 Å². The second-order valence-corrected chi connectivity index (χ2v) is 6.15. The van der Waals surface area contributed by atoms with Gasteiger partial charge >= 0.3 is 0 Å². The van der Waals surface area contributed by atoms with Crippen molar-refractivity contribution in [1.82, 2.24) is 10.3 Å². The maximum atomic E-state index is 6.25. The van der Waals surface area contributed by atoms with Gasteiger partial charge in [-0.3, -0.25) is 0 Å². The minimum atomic E-state index is 0.515. The zero-order valence-electron chi connectivity index (χ0n) is 11.9. The van der Waals surface area contributed by atoms with Crippen LogP contribution in [0.3, 0.4) is 0 Å². The highest BCUT2D eigenvalue weighted by Crippen LogP contribution is 2.25. The minimum absolute atomic E-state index is 0.515. The summed E-state index contributed by atoms with van der Waals surface area (Å²) in [4.78, 5) is 6.75. The Bertz CT molecular complexity index is 458. The monoisotopic (exact) mass is 295 g/mol. The molecule has 4 nitrogen and oxygen atoms in total. The van der Waals surface area contributed by atoms with Crippen molar-refractivity contribution in [2.75, 3.05) is 25.2 Å². The standard InChI is InChI=1S/C15H22ClN3O/c1-19(13-4-6-20-7-5-13)15-8-11(14(16)10-18-15)9-17-12-2-3-12/h8,10,12-13,17H,2-7,9H2,1H3. The number of pyridine rings is 1. The number of aromatic nitrogens is 1. The summed E-state index contributed by atoms with van der Waals surface area (Å²) in [5.41, 5.74) is 1.14. The molecule has 0 unspecified atom stereocenters. The molecule has 1 aliphatic heterocycles. The van der Waals surface area contributed by atoms with Crippen LogP contribution in [0.25, 0.3) is 0 Å². The predicted molar refractivity (Wildman–Crippen MR) is 81.4 cm³/mol. The first-order valence-electron chi connectivity index (χ1n) is 7.42. The highest BCUT2D eigenvalue weighted by Gasteiger charge is 2.22. The number of rotatable bonds is 5. The van der Waals surface area contributed by atoms with Gasteiger partial charge in [0.25, 0.3) is 0 Å². The Morgan fingerprint density at radius 1 is 1.35 bits per heavy atom. The molecule has 1 saturated heterocycles. The second-order valence-electron chi connectivity index (χ2n) is 5.74. The van der Waals surface area contributed by atoms with Gasteiger partial charge in [-0.2, -0.15) is 0 Å². The first-order chi connectivity index (χ1) is 9.74. The lowest BCUT2D eigenvalue weighted by Crippen LogP contribution is -2.37. The van der Waals surface area contributed by atoms with E-state index in [9.17, 15) is 0 Å². The Balaban J connectivity index is 1.69. The molecule has 0 atom stereocenters. The number of anilines is 1. The fraction of sp³-hybridized carbons (Fsp3) is 0.667. The summed E-state index contributed by atoms with van der Waals surface area (Å²) in [6.07, 6.45) is 6.48. The van der Waals surface area contributed by atoms with Crippen molar-refractivity contribution in [2.24, 2.45) is 0 Å². The van der Waals surface area contributed by atoms with E-state index < -0.39 is 0 Å². The van der Waals surface area contributed by atoms with Crippen molar-refractivity contribution in [3.63, 3.8) is 0 Å². The summed E-state index contributed by atoms with van der Waals surface area (Å²) in [6.45, 7) is 2.53. The zero-order chi connectivity index (χ0) is 13.9. The largest absolute Gasteiger partial charge is 0.381 e. The molecular weight excluding hydrogens is 274 g/mol. The van der Waals surface area contributed by atoms with Crippen LogP contribution in [0.1, 0.15) is 31.2 Å². The molecule has 1 saturated carbocycles. The maximum Gasteiger partial charge on any atom is 0.128 e. The lowest BCUT2D eigenvalue weighted by atomic mass is 10.1. The van der Waals surface area contributed by atoms with Gasteiger partial charge in [0.1, 0.15) is 5.82 Å². The maximum absolute atomic E-state index is 6.25. The average molecular weight is 296 g/mol. The van der Waals surface area contributed by atoms with Crippen LogP contribution in [0.5, 0.6) is 0 Å². The molecule has 1 aromatic heterocycles. The summed E-state index contributed by atoms with van der Waals surface area (Å²) in [7, 11) is 2.12. The van der Waals surface area contributed by atoms with Crippen molar-refractivity contribution in [2.45, 2.75) is 44.3 Å². The number of nitrogens with zero attached hydrogens (tertiary/aromatic N) is 2. The molecule has 1 N–H and O–H groups in total. The molecule has 0 radical (unpaired) electrons. The van der Waals surface area contributed by atoms with Crippen molar-refractivity contribution in [3.8, 4) is 0 Å². The Hall–Kier alpha value is -0.840. The van der Waals surface area contributed by atoms with Crippen LogP contribution < -0.4 is 10.2 Å². The molecule has 2 fully saturated rings. The number of ether oxygens (including phenoxy) is 1. The van der Waals surface area contributed by atoms with Crippen LogP contribution in [0.15, 0.2) is 12.3 Å². The van der Waals surface area contributed by atoms with Gasteiger partial charge in [0.15, 0.2) is 0 Å². The quantitative estimate of drug-likeness (QED) is 0.906. The van der Waals surface area contributed by atoms with E-state index in [0.717, 1.165) is 49.0 Å². The lowest BCUT2D eigenvalue weighted by molar-refractivity contribution is 0.0853. The van der Waals surface area contributed by atoms with Gasteiger partial charge in [0, 0.05) is 45.1 Å². The van der Waals surface area contributed by atoms with Crippen LogP contribution in [-0.4, -0.2) is 37.3 Å². The molecule has 0 amide bonds. The van der Waals surface area contributed by atoms with E-state index in [0.29, 0.717) is 12.1 Å². The molecule has 1 aromatic rings. The topological polar surface area (TPSA) is 37.4 Å². The smallest absolute Gasteiger partial charge is 0.128 e. The number of hydrogen-bond acceptors (Lipinski definition) is 4. The summed E-state index contributed by atoms with van der Waals surface area (Å²) < 4.78 is 5.42. The average Bonchev–Trinajstić information content (AvgIpc) is 3.31. The third kappa shape index (κ3) is 3.43. The molecule has 1 aliphatic carbocycles. The van der Waals surface area contributed by atoms with E-state index in [1.807, 2.05) is 0 Å². The number of halogens is 1. The number of hydrogen-bond donors (Lipinski definition) is 1. The molecule has 0 aromatic carbocycles. The van der Waals surface area contributed by atoms with Crippen LogP contribution in [0.4, 0.5) is 5.82 Å². The predicted octanol–water partition coefficient (Wildman–Crippen LogP) is 2.60. The van der Waals surface area contributed by atoms with E-state index in [2.05, 4.69) is 28.3 Å². The van der Waals surface area contributed by atoms with Gasteiger partial charge in [-0.15, -0.1) is 0 Å². The summed E-state index contributed by atoms with van der Waals surface area (Å²) in [6, 6.07) is 3.32. The van der Waals surface area contributed by atoms with Crippen molar-refractivity contribution in [3.05, 3.63) is 22.8 Å². The Kier molecular flexibility index (Phi) is 4.44. The summed E-state index contributed by atoms with van der Waals surface area (Å²) in [5.74, 6) is 1.01. The normalized spacial score (nSPS) is 20.1. The van der Waals surface area contributed by atoms with Crippen molar-refractivity contribution >= 4 is 17.4 Å². The Labute approximate surface area is 125 Å². The molecule has 2 heterocycles. The fourth-order valence-corrected chi connectivity index (χ4v) is 2.77. The molecular formula is C15H22ClN3O. The molecule has 5 heteroatoms. The molecule has 3 rings (SSSR count). The summed E-state index contributed by atoms with van der Waals surface area (Å²) >= 11 is 6.25. The van der Waals surface area contributed by atoms with Crippen LogP contribution in [-0.2, 0) is 11.3 Å². The number of nitrogens with one attached hydrogen (secondary N) is 1. The van der Waals surface area contributed by atoms with E-state index >= 15 is 0 Å². The highest BCUT2D eigenvalue weighted by molar-refractivity contribution is 6.31. The van der Waals surface area contributed by atoms with Gasteiger partial charge in [0.05, 0.1) is 5.02 Å².